The Bertz CT molecular complexity index is 1520. The zero-order chi connectivity index (χ0) is 24.2. The van der Waals surface area contributed by atoms with Crippen molar-refractivity contribution >= 4 is 46.2 Å². The second-order valence-electron chi connectivity index (χ2n) is 7.77. The number of tetrazole rings is 1. The Balaban J connectivity index is 1.27. The number of hydrogen-bond donors (Lipinski definition) is 1. The lowest BCUT2D eigenvalue weighted by molar-refractivity contribution is -0.122. The normalized spacial score (nSPS) is 11.4. The summed E-state index contributed by atoms with van der Waals surface area (Å²) in [6.45, 7) is 0.552. The Morgan fingerprint density at radius 3 is 2.60 bits per heavy atom. The maximum atomic E-state index is 12.4. The fourth-order valence-corrected chi connectivity index (χ4v) is 4.04. The second-order valence-corrected chi connectivity index (χ2v) is 8.62. The summed E-state index contributed by atoms with van der Waals surface area (Å²) < 4.78 is 2.14. The van der Waals surface area contributed by atoms with Crippen LogP contribution in [0.5, 0.6) is 0 Å². The van der Waals surface area contributed by atoms with Crippen molar-refractivity contribution in [3.63, 3.8) is 0 Å². The van der Waals surface area contributed by atoms with E-state index in [1.807, 2.05) is 66.9 Å². The fourth-order valence-electron chi connectivity index (χ4n) is 3.69. The number of amides is 1. The largest absolute Gasteiger partial charge is 0.342 e. The Hall–Kier alpha value is -4.01. The van der Waals surface area contributed by atoms with Gasteiger partial charge < -0.3 is 4.57 Å². The predicted octanol–water partition coefficient (Wildman–Crippen LogP) is 4.80. The van der Waals surface area contributed by atoms with E-state index in [1.165, 1.54) is 4.80 Å². The highest BCUT2D eigenvalue weighted by atomic mass is 35.5. The van der Waals surface area contributed by atoms with Gasteiger partial charge in [-0.3, -0.25) is 4.79 Å². The molecule has 0 aliphatic heterocycles. The Morgan fingerprint density at radius 1 is 1.00 bits per heavy atom. The van der Waals surface area contributed by atoms with E-state index < -0.39 is 0 Å². The highest BCUT2D eigenvalue weighted by Crippen LogP contribution is 2.24. The van der Waals surface area contributed by atoms with Crippen LogP contribution in [0.4, 0.5) is 0 Å². The first-order valence-corrected chi connectivity index (χ1v) is 11.5. The quantitative estimate of drug-likeness (QED) is 0.255. The number of aromatic nitrogens is 5. The zero-order valence-electron chi connectivity index (χ0n) is 18.3. The zero-order valence-corrected chi connectivity index (χ0v) is 19.9. The van der Waals surface area contributed by atoms with Gasteiger partial charge in [0.2, 0.25) is 5.82 Å². The minimum Gasteiger partial charge on any atom is -0.342 e. The van der Waals surface area contributed by atoms with Crippen LogP contribution in [0.3, 0.4) is 0 Å². The maximum Gasteiger partial charge on any atom is 0.263 e. The lowest BCUT2D eigenvalue weighted by Crippen LogP contribution is -2.24. The average Bonchev–Trinajstić information content (AvgIpc) is 3.46. The summed E-state index contributed by atoms with van der Waals surface area (Å²) in [6.07, 6.45) is 3.63. The number of benzene rings is 3. The molecule has 2 heterocycles. The number of carbonyl (C=O) groups excluding carboxylic acids is 1. The molecular weight excluding hydrogens is 485 g/mol. The summed E-state index contributed by atoms with van der Waals surface area (Å²) in [5.41, 5.74) is 6.25. The number of para-hydroxylation sites is 1. The van der Waals surface area contributed by atoms with Crippen LogP contribution in [0, 0.1) is 0 Å². The highest BCUT2D eigenvalue weighted by Gasteiger charge is 2.12. The topological polar surface area (TPSA) is 90.0 Å². The Labute approximate surface area is 210 Å². The summed E-state index contributed by atoms with van der Waals surface area (Å²) in [4.78, 5) is 13.6. The minimum atomic E-state index is -0.380. The summed E-state index contributed by atoms with van der Waals surface area (Å²) >= 11 is 12.2. The lowest BCUT2D eigenvalue weighted by atomic mass is 10.2. The molecule has 8 nitrogen and oxygen atoms in total. The molecule has 0 aliphatic carbocycles. The van der Waals surface area contributed by atoms with Crippen LogP contribution in [0.15, 0.2) is 84.1 Å². The molecule has 2 aromatic heterocycles. The standard InChI is InChI=1S/C25H19Cl2N7O/c26-19-11-9-17(10-12-19)14-33-15-18(20-5-2-4-8-23(20)33)13-28-29-24(35)16-34-31-25(30-32-34)21-6-1-3-7-22(21)27/h1-13,15H,14,16H2,(H,29,35)/b28-13+. The molecule has 3 aromatic carbocycles. The molecule has 0 bridgehead atoms. The number of nitrogens with zero attached hydrogens (tertiary/aromatic N) is 6. The van der Waals surface area contributed by atoms with E-state index in [2.05, 4.69) is 30.5 Å². The summed E-state index contributed by atoms with van der Waals surface area (Å²) in [6, 6.07) is 23.0. The average molecular weight is 504 g/mol. The molecule has 1 N–H and O–H groups in total. The molecule has 0 spiro atoms. The van der Waals surface area contributed by atoms with E-state index >= 15 is 0 Å². The van der Waals surface area contributed by atoms with E-state index in [1.54, 1.807) is 18.3 Å². The van der Waals surface area contributed by atoms with Gasteiger partial charge >= 0.3 is 0 Å². The third-order valence-corrected chi connectivity index (χ3v) is 5.91. The van der Waals surface area contributed by atoms with E-state index in [0.29, 0.717) is 28.0 Å². The third-order valence-electron chi connectivity index (χ3n) is 5.33. The van der Waals surface area contributed by atoms with Gasteiger partial charge in [-0.25, -0.2) is 5.43 Å². The van der Waals surface area contributed by atoms with E-state index in [0.717, 1.165) is 22.0 Å². The van der Waals surface area contributed by atoms with Gasteiger partial charge in [-0.1, -0.05) is 65.7 Å². The maximum absolute atomic E-state index is 12.4. The molecule has 0 fully saturated rings. The number of hydrazone groups is 1. The van der Waals surface area contributed by atoms with Gasteiger partial charge in [0, 0.05) is 39.8 Å². The van der Waals surface area contributed by atoms with Crippen LogP contribution in [0.25, 0.3) is 22.3 Å². The van der Waals surface area contributed by atoms with Gasteiger partial charge in [-0.15, -0.1) is 10.2 Å². The van der Waals surface area contributed by atoms with Gasteiger partial charge in [0.1, 0.15) is 6.54 Å². The number of rotatable bonds is 7. The second kappa shape index (κ2) is 10.1. The van der Waals surface area contributed by atoms with Crippen molar-refractivity contribution < 1.29 is 4.79 Å². The molecule has 0 unspecified atom stereocenters. The molecule has 174 valence electrons. The first kappa shape index (κ1) is 22.8. The molecule has 5 aromatic rings. The van der Waals surface area contributed by atoms with Crippen molar-refractivity contribution in [2.24, 2.45) is 5.10 Å². The third kappa shape index (κ3) is 5.24. The summed E-state index contributed by atoms with van der Waals surface area (Å²) in [5, 5.41) is 18.5. The molecule has 1 amide bonds. The lowest BCUT2D eigenvalue weighted by Gasteiger charge is -2.05. The molecule has 0 saturated heterocycles. The smallest absolute Gasteiger partial charge is 0.263 e. The van der Waals surface area contributed by atoms with Crippen molar-refractivity contribution in [1.29, 1.82) is 0 Å². The van der Waals surface area contributed by atoms with Crippen molar-refractivity contribution in [2.45, 2.75) is 13.1 Å². The van der Waals surface area contributed by atoms with E-state index in [-0.39, 0.29) is 12.5 Å². The van der Waals surface area contributed by atoms with Crippen LogP contribution in [-0.2, 0) is 17.9 Å². The van der Waals surface area contributed by atoms with Crippen molar-refractivity contribution in [3.05, 3.63) is 100 Å². The van der Waals surface area contributed by atoms with Crippen molar-refractivity contribution in [1.82, 2.24) is 30.2 Å². The van der Waals surface area contributed by atoms with Crippen molar-refractivity contribution in [3.8, 4) is 11.4 Å². The minimum absolute atomic E-state index is 0.132. The molecule has 10 heteroatoms. The number of hydrogen-bond acceptors (Lipinski definition) is 5. The fraction of sp³-hybridized carbons (Fsp3) is 0.0800. The summed E-state index contributed by atoms with van der Waals surface area (Å²) in [7, 11) is 0. The molecule has 0 saturated carbocycles. The van der Waals surface area contributed by atoms with E-state index in [4.69, 9.17) is 23.2 Å². The first-order chi connectivity index (χ1) is 17.1. The monoisotopic (exact) mass is 503 g/mol. The van der Waals surface area contributed by atoms with Gasteiger partial charge in [0.05, 0.1) is 11.2 Å². The molecule has 0 radical (unpaired) electrons. The van der Waals surface area contributed by atoms with Gasteiger partial charge in [0.15, 0.2) is 0 Å². The van der Waals surface area contributed by atoms with Crippen LogP contribution in [-0.4, -0.2) is 36.9 Å². The Morgan fingerprint density at radius 2 is 1.77 bits per heavy atom. The first-order valence-electron chi connectivity index (χ1n) is 10.7. The van der Waals surface area contributed by atoms with Crippen LogP contribution >= 0.6 is 23.2 Å². The van der Waals surface area contributed by atoms with Gasteiger partial charge in [-0.2, -0.15) is 9.90 Å². The number of nitrogens with one attached hydrogen (secondary N) is 1. The Kier molecular flexibility index (Phi) is 6.56. The molecule has 5 rings (SSSR count). The molecule has 0 aliphatic rings. The van der Waals surface area contributed by atoms with Crippen LogP contribution < -0.4 is 5.43 Å². The SMILES string of the molecule is O=C(Cn1nnc(-c2ccccc2Cl)n1)N/N=C/c1cn(Cc2ccc(Cl)cc2)c2ccccc12. The number of halogens is 2. The van der Waals surface area contributed by atoms with Crippen LogP contribution in [0.2, 0.25) is 10.0 Å². The molecule has 35 heavy (non-hydrogen) atoms. The highest BCUT2D eigenvalue weighted by molar-refractivity contribution is 6.33. The number of fused-ring (bicyclic) bond motifs is 1. The number of carbonyl (C=O) groups is 1. The predicted molar refractivity (Wildman–Crippen MR) is 136 cm³/mol. The molecule has 0 atom stereocenters. The summed E-state index contributed by atoms with van der Waals surface area (Å²) in [5.74, 6) is -0.0327. The van der Waals surface area contributed by atoms with Crippen molar-refractivity contribution in [2.75, 3.05) is 0 Å². The van der Waals surface area contributed by atoms with E-state index in [9.17, 15) is 4.79 Å². The van der Waals surface area contributed by atoms with Gasteiger partial charge in [-0.05, 0) is 41.1 Å². The van der Waals surface area contributed by atoms with Crippen LogP contribution in [0.1, 0.15) is 11.1 Å². The molecular formula is C25H19Cl2N7O. The van der Waals surface area contributed by atoms with Gasteiger partial charge in [0.25, 0.3) is 5.91 Å².